The Balaban J connectivity index is 1.98. The first-order chi connectivity index (χ1) is 10.1. The molecular formula is C13H13N3O4S. The molecule has 0 bridgehead atoms. The molecule has 1 aromatic carbocycles. The SMILES string of the molecule is Cc1nc(NC(=O)c2ccccc2)sc1CCO[N+](=O)[O-]. The maximum Gasteiger partial charge on any atom is 0.294 e. The lowest BCUT2D eigenvalue weighted by Crippen LogP contribution is -2.11. The number of amides is 1. The van der Waals surface area contributed by atoms with Gasteiger partial charge in [0, 0.05) is 16.9 Å². The van der Waals surface area contributed by atoms with E-state index in [9.17, 15) is 14.9 Å². The average Bonchev–Trinajstić information content (AvgIpc) is 2.79. The first-order valence-electron chi connectivity index (χ1n) is 6.16. The van der Waals surface area contributed by atoms with Crippen LogP contribution < -0.4 is 5.32 Å². The molecule has 110 valence electrons. The molecule has 8 heteroatoms. The number of thiazole rings is 1. The molecule has 0 fully saturated rings. The summed E-state index contributed by atoms with van der Waals surface area (Å²) in [5.41, 5.74) is 1.28. The number of carbonyl (C=O) groups excluding carboxylic acids is 1. The minimum Gasteiger partial charge on any atom is -0.314 e. The van der Waals surface area contributed by atoms with E-state index in [0.29, 0.717) is 17.1 Å². The number of rotatable bonds is 6. The third-order valence-corrected chi connectivity index (χ3v) is 3.81. The summed E-state index contributed by atoms with van der Waals surface area (Å²) in [7, 11) is 0. The summed E-state index contributed by atoms with van der Waals surface area (Å²) >= 11 is 1.29. The number of aromatic nitrogens is 1. The van der Waals surface area contributed by atoms with Crippen LogP contribution in [-0.2, 0) is 11.3 Å². The van der Waals surface area contributed by atoms with Crippen LogP contribution in [0.15, 0.2) is 30.3 Å². The van der Waals surface area contributed by atoms with Crippen molar-refractivity contribution < 1.29 is 14.7 Å². The summed E-state index contributed by atoms with van der Waals surface area (Å²) in [4.78, 5) is 31.4. The van der Waals surface area contributed by atoms with Crippen molar-refractivity contribution in [3.8, 4) is 0 Å². The summed E-state index contributed by atoms with van der Waals surface area (Å²) in [5.74, 6) is -0.238. The van der Waals surface area contributed by atoms with Crippen LogP contribution in [0.25, 0.3) is 0 Å². The predicted molar refractivity (Wildman–Crippen MR) is 77.9 cm³/mol. The van der Waals surface area contributed by atoms with Crippen LogP contribution in [0.4, 0.5) is 5.13 Å². The highest BCUT2D eigenvalue weighted by Crippen LogP contribution is 2.23. The number of carbonyl (C=O) groups is 1. The van der Waals surface area contributed by atoms with Crippen LogP contribution >= 0.6 is 11.3 Å². The maximum atomic E-state index is 12.0. The van der Waals surface area contributed by atoms with Crippen molar-refractivity contribution in [2.24, 2.45) is 0 Å². The lowest BCUT2D eigenvalue weighted by molar-refractivity contribution is -0.757. The zero-order valence-corrected chi connectivity index (χ0v) is 12.1. The molecule has 0 atom stereocenters. The van der Waals surface area contributed by atoms with E-state index in [0.717, 1.165) is 10.6 Å². The van der Waals surface area contributed by atoms with Gasteiger partial charge in [0.1, 0.15) is 6.61 Å². The highest BCUT2D eigenvalue weighted by molar-refractivity contribution is 7.15. The van der Waals surface area contributed by atoms with Gasteiger partial charge in [-0.15, -0.1) is 21.5 Å². The summed E-state index contributed by atoms with van der Waals surface area (Å²) in [6.07, 6.45) is 0.381. The minimum absolute atomic E-state index is 0.0257. The first-order valence-corrected chi connectivity index (χ1v) is 6.98. The van der Waals surface area contributed by atoms with Crippen LogP contribution in [0.2, 0.25) is 0 Å². The second-order valence-corrected chi connectivity index (χ2v) is 5.24. The Bertz CT molecular complexity index is 642. The van der Waals surface area contributed by atoms with Crippen LogP contribution in [0.3, 0.4) is 0 Å². The molecule has 21 heavy (non-hydrogen) atoms. The summed E-state index contributed by atoms with van der Waals surface area (Å²) in [6.45, 7) is 1.76. The van der Waals surface area contributed by atoms with Gasteiger partial charge < -0.3 is 4.84 Å². The van der Waals surface area contributed by atoms with Crippen LogP contribution in [-0.4, -0.2) is 22.6 Å². The Morgan fingerprint density at radius 2 is 2.14 bits per heavy atom. The van der Waals surface area contributed by atoms with Crippen molar-refractivity contribution in [3.63, 3.8) is 0 Å². The van der Waals surface area contributed by atoms with Gasteiger partial charge in [-0.2, -0.15) is 0 Å². The van der Waals surface area contributed by atoms with Crippen molar-refractivity contribution in [2.45, 2.75) is 13.3 Å². The lowest BCUT2D eigenvalue weighted by Gasteiger charge is -2.00. The quantitative estimate of drug-likeness (QED) is 0.653. The molecule has 0 saturated carbocycles. The van der Waals surface area contributed by atoms with E-state index in [4.69, 9.17) is 0 Å². The van der Waals surface area contributed by atoms with E-state index in [1.807, 2.05) is 6.07 Å². The standard InChI is InChI=1S/C13H13N3O4S/c1-9-11(7-8-20-16(18)19)21-13(14-9)15-12(17)10-5-3-2-4-6-10/h2-6H,7-8H2,1H3,(H,14,15,17). The Morgan fingerprint density at radius 3 is 2.81 bits per heavy atom. The number of nitrogens with zero attached hydrogens (tertiary/aromatic N) is 2. The zero-order valence-electron chi connectivity index (χ0n) is 11.2. The molecule has 0 radical (unpaired) electrons. The van der Waals surface area contributed by atoms with Gasteiger partial charge >= 0.3 is 0 Å². The van der Waals surface area contributed by atoms with Crippen LogP contribution in [0, 0.1) is 17.0 Å². The summed E-state index contributed by atoms with van der Waals surface area (Å²) in [6, 6.07) is 8.81. The second-order valence-electron chi connectivity index (χ2n) is 4.15. The van der Waals surface area contributed by atoms with Gasteiger partial charge in [-0.1, -0.05) is 18.2 Å². The van der Waals surface area contributed by atoms with Gasteiger partial charge in [-0.05, 0) is 19.1 Å². The molecule has 0 aliphatic carbocycles. The van der Waals surface area contributed by atoms with Crippen molar-refractivity contribution in [1.82, 2.24) is 4.98 Å². The average molecular weight is 307 g/mol. The molecule has 0 unspecified atom stereocenters. The number of aryl methyl sites for hydroxylation is 1. The molecule has 1 aromatic heterocycles. The fourth-order valence-electron chi connectivity index (χ4n) is 1.69. The van der Waals surface area contributed by atoms with E-state index in [2.05, 4.69) is 15.1 Å². The zero-order chi connectivity index (χ0) is 15.2. The van der Waals surface area contributed by atoms with E-state index >= 15 is 0 Å². The van der Waals surface area contributed by atoms with Gasteiger partial charge in [0.25, 0.3) is 11.0 Å². The fourth-order valence-corrected chi connectivity index (χ4v) is 2.62. The molecule has 2 rings (SSSR count). The Kier molecular flexibility index (Phi) is 4.83. The van der Waals surface area contributed by atoms with Crippen molar-refractivity contribution in [2.75, 3.05) is 11.9 Å². The number of nitrogens with one attached hydrogen (secondary N) is 1. The molecule has 1 amide bonds. The normalized spacial score (nSPS) is 10.1. The van der Waals surface area contributed by atoms with Gasteiger partial charge in [0.05, 0.1) is 5.69 Å². The monoisotopic (exact) mass is 307 g/mol. The van der Waals surface area contributed by atoms with Crippen LogP contribution in [0.1, 0.15) is 20.9 Å². The van der Waals surface area contributed by atoms with Gasteiger partial charge in [0.2, 0.25) is 0 Å². The highest BCUT2D eigenvalue weighted by Gasteiger charge is 2.12. The maximum absolute atomic E-state index is 12.0. The Labute approximate surface area is 124 Å². The molecule has 0 spiro atoms. The molecule has 0 aliphatic heterocycles. The van der Waals surface area contributed by atoms with Gasteiger partial charge in [0.15, 0.2) is 5.13 Å². The largest absolute Gasteiger partial charge is 0.314 e. The third kappa shape index (κ3) is 4.25. The van der Waals surface area contributed by atoms with E-state index in [1.54, 1.807) is 31.2 Å². The minimum atomic E-state index is -0.825. The fraction of sp³-hybridized carbons (Fsp3) is 0.231. The Morgan fingerprint density at radius 1 is 1.43 bits per heavy atom. The van der Waals surface area contributed by atoms with Crippen molar-refractivity contribution in [3.05, 3.63) is 56.6 Å². The molecule has 2 aromatic rings. The molecule has 0 saturated heterocycles. The van der Waals surface area contributed by atoms with E-state index < -0.39 is 5.09 Å². The molecule has 0 aliphatic rings. The number of anilines is 1. The molecule has 1 N–H and O–H groups in total. The number of benzene rings is 1. The van der Waals surface area contributed by atoms with Crippen molar-refractivity contribution in [1.29, 1.82) is 0 Å². The molecular weight excluding hydrogens is 294 g/mol. The number of hydrogen-bond donors (Lipinski definition) is 1. The van der Waals surface area contributed by atoms with Crippen LogP contribution in [0.5, 0.6) is 0 Å². The summed E-state index contributed by atoms with van der Waals surface area (Å²) < 4.78 is 0. The van der Waals surface area contributed by atoms with E-state index in [1.165, 1.54) is 11.3 Å². The highest BCUT2D eigenvalue weighted by atomic mass is 32.1. The lowest BCUT2D eigenvalue weighted by atomic mass is 10.2. The topological polar surface area (TPSA) is 94.4 Å². The second kappa shape index (κ2) is 6.80. The Hall–Kier alpha value is -2.48. The first kappa shape index (κ1) is 14.9. The molecule has 1 heterocycles. The predicted octanol–water partition coefficient (Wildman–Crippen LogP) is 2.45. The van der Waals surface area contributed by atoms with Gasteiger partial charge in [-0.25, -0.2) is 4.98 Å². The summed E-state index contributed by atoms with van der Waals surface area (Å²) in [5, 5.41) is 12.5. The van der Waals surface area contributed by atoms with Gasteiger partial charge in [-0.3, -0.25) is 10.1 Å². The van der Waals surface area contributed by atoms with E-state index in [-0.39, 0.29) is 12.5 Å². The molecule has 7 nitrogen and oxygen atoms in total. The number of hydrogen-bond acceptors (Lipinski definition) is 6. The third-order valence-electron chi connectivity index (χ3n) is 2.67. The smallest absolute Gasteiger partial charge is 0.294 e. The van der Waals surface area contributed by atoms with Crippen molar-refractivity contribution >= 4 is 22.4 Å².